The smallest absolute Gasteiger partial charge is 0.387 e. The van der Waals surface area contributed by atoms with Gasteiger partial charge >= 0.3 is 6.61 Å². The van der Waals surface area contributed by atoms with E-state index < -0.39 is 6.61 Å². The van der Waals surface area contributed by atoms with Crippen LogP contribution in [0.4, 0.5) is 8.78 Å². The molecule has 1 saturated heterocycles. The lowest BCUT2D eigenvalue weighted by molar-refractivity contribution is -0.0505. The molecule has 1 aromatic heterocycles. The van der Waals surface area contributed by atoms with Crippen molar-refractivity contribution >= 4 is 0 Å². The highest BCUT2D eigenvalue weighted by molar-refractivity contribution is 5.44. The van der Waals surface area contributed by atoms with Gasteiger partial charge in [0, 0.05) is 24.2 Å². The van der Waals surface area contributed by atoms with Gasteiger partial charge in [0.25, 0.3) is 0 Å². The molecule has 0 bridgehead atoms. The second-order valence-corrected chi connectivity index (χ2v) is 7.28. The van der Waals surface area contributed by atoms with Crippen LogP contribution >= 0.6 is 0 Å². The molecule has 30 heavy (non-hydrogen) atoms. The van der Waals surface area contributed by atoms with E-state index in [1.54, 1.807) is 23.7 Å². The molecule has 0 unspecified atom stereocenters. The molecule has 0 aliphatic carbocycles. The lowest BCUT2D eigenvalue weighted by Crippen LogP contribution is -2.45. The molecule has 0 spiro atoms. The third-order valence-corrected chi connectivity index (χ3v) is 5.30. The summed E-state index contributed by atoms with van der Waals surface area (Å²) in [5, 5.41) is 18.6. The number of piperidine rings is 1. The molecule has 3 aromatic rings. The van der Waals surface area contributed by atoms with E-state index in [0.717, 1.165) is 19.4 Å². The maximum absolute atomic E-state index is 12.9. The van der Waals surface area contributed by atoms with Crippen molar-refractivity contribution in [1.29, 1.82) is 0 Å². The van der Waals surface area contributed by atoms with Gasteiger partial charge in [-0.3, -0.25) is 0 Å². The number of hydrogen-bond donors (Lipinski definition) is 2. The number of benzene rings is 2. The fourth-order valence-electron chi connectivity index (χ4n) is 3.88. The molecule has 1 fully saturated rings. The Kier molecular flexibility index (Phi) is 6.29. The topological polar surface area (TPSA) is 76.9 Å². The van der Waals surface area contributed by atoms with Gasteiger partial charge < -0.3 is 15.4 Å². The molecule has 2 aromatic carbocycles. The van der Waals surface area contributed by atoms with Gasteiger partial charge in [-0.15, -0.1) is 5.10 Å². The summed E-state index contributed by atoms with van der Waals surface area (Å²) in [6.07, 6.45) is 2.04. The summed E-state index contributed by atoms with van der Waals surface area (Å²) in [6, 6.07) is 15.5. The summed E-state index contributed by atoms with van der Waals surface area (Å²) in [5.41, 5.74) is 2.52. The predicted octanol–water partition coefficient (Wildman–Crippen LogP) is 3.16. The minimum absolute atomic E-state index is 0.145. The molecule has 9 heteroatoms. The van der Waals surface area contributed by atoms with Gasteiger partial charge in [-0.1, -0.05) is 30.3 Å². The molecule has 2 atom stereocenters. The number of alkyl halides is 2. The van der Waals surface area contributed by atoms with Crippen molar-refractivity contribution in [2.75, 3.05) is 6.54 Å². The molecule has 1 aliphatic rings. The molecule has 2 N–H and O–H groups in total. The number of ether oxygens (including phenoxy) is 1. The zero-order valence-corrected chi connectivity index (χ0v) is 16.6. The predicted molar refractivity (Wildman–Crippen MR) is 108 cm³/mol. The first-order valence-electron chi connectivity index (χ1n) is 9.96. The van der Waals surface area contributed by atoms with Crippen LogP contribution in [0.25, 0.3) is 5.69 Å². The number of rotatable bonds is 7. The standard InChI is InChI=1S/C21H24F2N6O/c1-14-26-27-28-29(14)17-9-10-19(30-21(22)23)16(12-17)13-25-18-8-5-11-24-20(18)15-6-3-2-4-7-15/h2-4,6-7,9-10,12,18,20-21,24-25H,5,8,11,13H2,1H3/t18-,20-/m0/s1. The number of hydrogen-bond acceptors (Lipinski definition) is 6. The first-order valence-corrected chi connectivity index (χ1v) is 9.96. The Morgan fingerprint density at radius 1 is 1.23 bits per heavy atom. The van der Waals surface area contributed by atoms with E-state index >= 15 is 0 Å². The highest BCUT2D eigenvalue weighted by Gasteiger charge is 2.26. The van der Waals surface area contributed by atoms with Gasteiger partial charge in [0.15, 0.2) is 5.82 Å². The third-order valence-electron chi connectivity index (χ3n) is 5.30. The molecule has 0 radical (unpaired) electrons. The Morgan fingerprint density at radius 3 is 2.80 bits per heavy atom. The number of tetrazole rings is 1. The van der Waals surface area contributed by atoms with E-state index in [1.165, 1.54) is 11.6 Å². The zero-order chi connectivity index (χ0) is 20.9. The summed E-state index contributed by atoms with van der Waals surface area (Å²) in [7, 11) is 0. The van der Waals surface area contributed by atoms with Crippen LogP contribution < -0.4 is 15.4 Å². The van der Waals surface area contributed by atoms with Crippen LogP contribution in [0.15, 0.2) is 48.5 Å². The van der Waals surface area contributed by atoms with Gasteiger partial charge in [-0.25, -0.2) is 0 Å². The lowest BCUT2D eigenvalue weighted by atomic mass is 9.92. The van der Waals surface area contributed by atoms with Gasteiger partial charge in [0.2, 0.25) is 0 Å². The number of aromatic nitrogens is 4. The first kappa shape index (κ1) is 20.4. The largest absolute Gasteiger partial charge is 0.434 e. The van der Waals surface area contributed by atoms with Gasteiger partial charge in [0.1, 0.15) is 5.75 Å². The van der Waals surface area contributed by atoms with E-state index in [-0.39, 0.29) is 17.8 Å². The van der Waals surface area contributed by atoms with Crippen molar-refractivity contribution in [3.05, 3.63) is 65.5 Å². The number of nitrogens with one attached hydrogen (secondary N) is 2. The summed E-state index contributed by atoms with van der Waals surface area (Å²) in [6.45, 7) is 0.218. The summed E-state index contributed by atoms with van der Waals surface area (Å²) in [4.78, 5) is 0. The van der Waals surface area contributed by atoms with Gasteiger partial charge in [-0.05, 0) is 60.5 Å². The highest BCUT2D eigenvalue weighted by Crippen LogP contribution is 2.27. The summed E-state index contributed by atoms with van der Waals surface area (Å²) in [5.74, 6) is 0.754. The number of nitrogens with zero attached hydrogens (tertiary/aromatic N) is 4. The van der Waals surface area contributed by atoms with E-state index in [4.69, 9.17) is 4.74 Å². The van der Waals surface area contributed by atoms with E-state index in [1.807, 2.05) is 18.2 Å². The monoisotopic (exact) mass is 414 g/mol. The van der Waals surface area contributed by atoms with E-state index in [9.17, 15) is 8.78 Å². The third kappa shape index (κ3) is 4.63. The Balaban J connectivity index is 1.56. The Bertz CT molecular complexity index is 965. The molecular weight excluding hydrogens is 390 g/mol. The lowest BCUT2D eigenvalue weighted by Gasteiger charge is -2.34. The molecule has 0 saturated carbocycles. The minimum atomic E-state index is -2.89. The average molecular weight is 414 g/mol. The van der Waals surface area contributed by atoms with Crippen molar-refractivity contribution < 1.29 is 13.5 Å². The fourth-order valence-corrected chi connectivity index (χ4v) is 3.88. The average Bonchev–Trinajstić information content (AvgIpc) is 3.19. The second kappa shape index (κ2) is 9.27. The van der Waals surface area contributed by atoms with Crippen LogP contribution in [0.2, 0.25) is 0 Å². The molecule has 2 heterocycles. The van der Waals surface area contributed by atoms with E-state index in [0.29, 0.717) is 23.6 Å². The Morgan fingerprint density at radius 2 is 2.07 bits per heavy atom. The van der Waals surface area contributed by atoms with Crippen LogP contribution in [-0.4, -0.2) is 39.4 Å². The molecule has 158 valence electrons. The maximum atomic E-state index is 12.9. The normalized spacial score (nSPS) is 19.2. The summed E-state index contributed by atoms with van der Waals surface area (Å²) < 4.78 is 32.2. The maximum Gasteiger partial charge on any atom is 0.387 e. The minimum Gasteiger partial charge on any atom is -0.434 e. The van der Waals surface area contributed by atoms with Crippen LogP contribution in [0.3, 0.4) is 0 Å². The quantitative estimate of drug-likeness (QED) is 0.619. The SMILES string of the molecule is Cc1nnnn1-c1ccc(OC(F)F)c(CN[C@H]2CCCN[C@H]2c2ccccc2)c1. The first-order chi connectivity index (χ1) is 14.6. The van der Waals surface area contributed by atoms with Crippen LogP contribution in [-0.2, 0) is 6.54 Å². The summed E-state index contributed by atoms with van der Waals surface area (Å²) >= 11 is 0. The van der Waals surface area contributed by atoms with Gasteiger partial charge in [-0.2, -0.15) is 13.5 Å². The second-order valence-electron chi connectivity index (χ2n) is 7.28. The van der Waals surface area contributed by atoms with Crippen LogP contribution in [0, 0.1) is 6.92 Å². The Labute approximate surface area is 173 Å². The van der Waals surface area contributed by atoms with Crippen molar-refractivity contribution in [2.45, 2.75) is 45.0 Å². The number of halogens is 2. The number of aryl methyl sites for hydroxylation is 1. The molecule has 4 rings (SSSR count). The van der Waals surface area contributed by atoms with Crippen LogP contribution in [0.5, 0.6) is 5.75 Å². The van der Waals surface area contributed by atoms with Gasteiger partial charge in [0.05, 0.1) is 5.69 Å². The molecule has 0 amide bonds. The van der Waals surface area contributed by atoms with Crippen molar-refractivity contribution in [3.8, 4) is 11.4 Å². The Hall–Kier alpha value is -2.91. The van der Waals surface area contributed by atoms with Crippen LogP contribution in [0.1, 0.15) is 35.8 Å². The van der Waals surface area contributed by atoms with Crippen molar-refractivity contribution in [1.82, 2.24) is 30.8 Å². The highest BCUT2D eigenvalue weighted by atomic mass is 19.3. The van der Waals surface area contributed by atoms with Crippen molar-refractivity contribution in [3.63, 3.8) is 0 Å². The zero-order valence-electron chi connectivity index (χ0n) is 16.6. The molecule has 1 aliphatic heterocycles. The molecular formula is C21H24F2N6O. The van der Waals surface area contributed by atoms with E-state index in [2.05, 4.69) is 38.3 Å². The fraction of sp³-hybridized carbons (Fsp3) is 0.381. The molecule has 7 nitrogen and oxygen atoms in total. The van der Waals surface area contributed by atoms with Crippen molar-refractivity contribution in [2.24, 2.45) is 0 Å².